The molecule has 0 fully saturated rings. The summed E-state index contributed by atoms with van der Waals surface area (Å²) >= 11 is 3.29. The van der Waals surface area contributed by atoms with Crippen LogP contribution in [0.3, 0.4) is 0 Å². The summed E-state index contributed by atoms with van der Waals surface area (Å²) < 4.78 is 5.89. The van der Waals surface area contributed by atoms with Crippen molar-refractivity contribution in [3.8, 4) is 5.75 Å². The number of hydrogen-bond donors (Lipinski definition) is 2. The second-order valence-electron chi connectivity index (χ2n) is 4.76. The van der Waals surface area contributed by atoms with Gasteiger partial charge in [-0.05, 0) is 35.9 Å². The highest BCUT2D eigenvalue weighted by Gasteiger charge is 2.07. The van der Waals surface area contributed by atoms with Crippen LogP contribution in [0.4, 0.5) is 0 Å². The number of benzene rings is 2. The van der Waals surface area contributed by atoms with Crippen LogP contribution in [0.2, 0.25) is 0 Å². The van der Waals surface area contributed by atoms with E-state index in [1.54, 1.807) is 31.4 Å². The number of ether oxygens (including phenoxy) is 1. The topological polar surface area (TPSA) is 79.8 Å². The average Bonchev–Trinajstić information content (AvgIpc) is 2.60. The third-order valence-electron chi connectivity index (χ3n) is 2.99. The van der Waals surface area contributed by atoms with Crippen LogP contribution < -0.4 is 15.5 Å². The lowest BCUT2D eigenvalue weighted by molar-refractivity contribution is -0.120. The predicted octanol–water partition coefficient (Wildman–Crippen LogP) is 2.34. The van der Waals surface area contributed by atoms with E-state index in [4.69, 9.17) is 4.74 Å². The molecule has 2 rings (SSSR count). The third kappa shape index (κ3) is 5.51. The van der Waals surface area contributed by atoms with Gasteiger partial charge in [0.1, 0.15) is 5.75 Å². The van der Waals surface area contributed by atoms with Crippen molar-refractivity contribution in [2.24, 2.45) is 5.10 Å². The highest BCUT2D eigenvalue weighted by atomic mass is 79.9. The molecule has 0 heterocycles. The van der Waals surface area contributed by atoms with Crippen LogP contribution in [-0.2, 0) is 4.79 Å². The maximum atomic E-state index is 11.9. The summed E-state index contributed by atoms with van der Waals surface area (Å²) in [4.78, 5) is 23.6. The molecule has 0 bridgehead atoms. The number of halogens is 1. The van der Waals surface area contributed by atoms with Crippen molar-refractivity contribution in [3.05, 3.63) is 64.1 Å². The minimum absolute atomic E-state index is 0.166. The summed E-state index contributed by atoms with van der Waals surface area (Å²) in [5.41, 5.74) is 3.61. The summed E-state index contributed by atoms with van der Waals surface area (Å²) in [7, 11) is 1.58. The Morgan fingerprint density at radius 2 is 2.00 bits per heavy atom. The number of amides is 2. The van der Waals surface area contributed by atoms with Gasteiger partial charge in [-0.3, -0.25) is 9.59 Å². The highest BCUT2D eigenvalue weighted by molar-refractivity contribution is 9.10. The monoisotopic (exact) mass is 389 g/mol. The number of rotatable bonds is 6. The lowest BCUT2D eigenvalue weighted by Crippen LogP contribution is -2.34. The van der Waals surface area contributed by atoms with Gasteiger partial charge in [0, 0.05) is 10.0 Å². The minimum atomic E-state index is -0.419. The van der Waals surface area contributed by atoms with Crippen LogP contribution in [0.15, 0.2) is 58.1 Å². The zero-order valence-electron chi connectivity index (χ0n) is 13.0. The molecule has 0 unspecified atom stereocenters. The van der Waals surface area contributed by atoms with Crippen molar-refractivity contribution in [2.45, 2.75) is 0 Å². The first-order chi connectivity index (χ1) is 11.6. The zero-order chi connectivity index (χ0) is 17.4. The molecule has 0 aliphatic rings. The molecule has 0 saturated heterocycles. The zero-order valence-corrected chi connectivity index (χ0v) is 14.5. The quantitative estimate of drug-likeness (QED) is 0.587. The van der Waals surface area contributed by atoms with Gasteiger partial charge in [0.05, 0.1) is 19.9 Å². The van der Waals surface area contributed by atoms with Gasteiger partial charge in [-0.1, -0.05) is 34.1 Å². The molecule has 2 aromatic rings. The van der Waals surface area contributed by atoms with E-state index in [1.165, 1.54) is 6.21 Å². The van der Waals surface area contributed by atoms with Crippen molar-refractivity contribution >= 4 is 34.0 Å². The molecule has 2 amide bonds. The summed E-state index contributed by atoms with van der Waals surface area (Å²) in [5, 5.41) is 6.37. The van der Waals surface area contributed by atoms with E-state index >= 15 is 0 Å². The number of nitrogens with zero attached hydrogens (tertiary/aromatic N) is 1. The number of methoxy groups -OCH3 is 1. The Morgan fingerprint density at radius 1 is 1.21 bits per heavy atom. The van der Waals surface area contributed by atoms with Gasteiger partial charge in [-0.15, -0.1) is 0 Å². The first-order valence-electron chi connectivity index (χ1n) is 7.08. The molecule has 7 heteroatoms. The molecule has 0 spiro atoms. The molecule has 6 nitrogen and oxygen atoms in total. The van der Waals surface area contributed by atoms with Crippen molar-refractivity contribution in [3.63, 3.8) is 0 Å². The molecular weight excluding hydrogens is 374 g/mol. The first kappa shape index (κ1) is 17.7. The molecule has 24 heavy (non-hydrogen) atoms. The summed E-state index contributed by atoms with van der Waals surface area (Å²) in [6, 6.07) is 14.1. The van der Waals surface area contributed by atoms with Crippen molar-refractivity contribution in [1.29, 1.82) is 0 Å². The number of hydrogen-bond acceptors (Lipinski definition) is 4. The van der Waals surface area contributed by atoms with E-state index in [2.05, 4.69) is 31.8 Å². The Labute approximate surface area is 148 Å². The van der Waals surface area contributed by atoms with E-state index < -0.39 is 5.91 Å². The second-order valence-corrected chi connectivity index (χ2v) is 5.68. The smallest absolute Gasteiger partial charge is 0.259 e. The van der Waals surface area contributed by atoms with Crippen LogP contribution in [0.1, 0.15) is 15.9 Å². The van der Waals surface area contributed by atoms with Crippen molar-refractivity contribution < 1.29 is 14.3 Å². The number of carbonyl (C=O) groups is 2. The molecule has 0 saturated carbocycles. The lowest BCUT2D eigenvalue weighted by Gasteiger charge is -2.04. The van der Waals surface area contributed by atoms with E-state index in [0.717, 1.165) is 10.0 Å². The molecular formula is C17H16BrN3O3. The van der Waals surface area contributed by atoms with Crippen molar-refractivity contribution in [1.82, 2.24) is 10.7 Å². The van der Waals surface area contributed by atoms with Crippen LogP contribution in [0.25, 0.3) is 0 Å². The summed E-state index contributed by atoms with van der Waals surface area (Å²) in [6.45, 7) is -0.166. The summed E-state index contributed by atoms with van der Waals surface area (Å²) in [5.74, 6) is -0.0488. The molecule has 0 radical (unpaired) electrons. The number of carbonyl (C=O) groups excluding carboxylic acids is 2. The van der Waals surface area contributed by atoms with Crippen LogP contribution in [0.5, 0.6) is 5.75 Å². The summed E-state index contributed by atoms with van der Waals surface area (Å²) in [6.07, 6.45) is 1.50. The Kier molecular flexibility index (Phi) is 6.51. The Balaban J connectivity index is 1.80. The molecule has 2 N–H and O–H groups in total. The Bertz CT molecular complexity index is 762. The van der Waals surface area contributed by atoms with Gasteiger partial charge in [-0.25, -0.2) is 5.43 Å². The van der Waals surface area contributed by atoms with E-state index in [-0.39, 0.29) is 12.5 Å². The van der Waals surface area contributed by atoms with E-state index in [9.17, 15) is 9.59 Å². The normalized spacial score (nSPS) is 10.4. The van der Waals surface area contributed by atoms with Crippen LogP contribution >= 0.6 is 15.9 Å². The predicted molar refractivity (Wildman–Crippen MR) is 95.2 cm³/mol. The molecule has 124 valence electrons. The molecule has 0 aliphatic carbocycles. The fourth-order valence-corrected chi connectivity index (χ4v) is 2.23. The van der Waals surface area contributed by atoms with Gasteiger partial charge < -0.3 is 10.1 Å². The molecule has 0 aromatic heterocycles. The largest absolute Gasteiger partial charge is 0.497 e. The number of hydrazone groups is 1. The SMILES string of the molecule is COc1cccc(/C=N\NC(=O)CNC(=O)c2cccc(Br)c2)c1. The van der Waals surface area contributed by atoms with E-state index in [1.807, 2.05) is 24.3 Å². The number of nitrogens with one attached hydrogen (secondary N) is 2. The molecule has 0 atom stereocenters. The second kappa shape index (κ2) is 8.83. The lowest BCUT2D eigenvalue weighted by atomic mass is 10.2. The van der Waals surface area contributed by atoms with E-state index in [0.29, 0.717) is 11.3 Å². The standard InChI is InChI=1S/C17H16BrN3O3/c1-24-15-7-2-4-12(8-15)10-20-21-16(22)11-19-17(23)13-5-3-6-14(18)9-13/h2-10H,11H2,1H3,(H,19,23)(H,21,22)/b20-10-. The van der Waals surface area contributed by atoms with Gasteiger partial charge in [0.2, 0.25) is 0 Å². The highest BCUT2D eigenvalue weighted by Crippen LogP contribution is 2.11. The van der Waals surface area contributed by atoms with Gasteiger partial charge in [0.15, 0.2) is 0 Å². The fraction of sp³-hybridized carbons (Fsp3) is 0.118. The third-order valence-corrected chi connectivity index (χ3v) is 3.49. The van der Waals surface area contributed by atoms with Gasteiger partial charge in [0.25, 0.3) is 11.8 Å². The molecule has 2 aromatic carbocycles. The Morgan fingerprint density at radius 3 is 2.75 bits per heavy atom. The fourth-order valence-electron chi connectivity index (χ4n) is 1.83. The average molecular weight is 390 g/mol. The van der Waals surface area contributed by atoms with Gasteiger partial charge >= 0.3 is 0 Å². The van der Waals surface area contributed by atoms with Crippen LogP contribution in [0, 0.1) is 0 Å². The van der Waals surface area contributed by atoms with Crippen molar-refractivity contribution in [2.75, 3.05) is 13.7 Å². The van der Waals surface area contributed by atoms with Crippen LogP contribution in [-0.4, -0.2) is 31.7 Å². The Hall–Kier alpha value is -2.67. The molecule has 0 aliphatic heterocycles. The maximum Gasteiger partial charge on any atom is 0.259 e. The van der Waals surface area contributed by atoms with Gasteiger partial charge in [-0.2, -0.15) is 5.10 Å². The first-order valence-corrected chi connectivity index (χ1v) is 7.87. The minimum Gasteiger partial charge on any atom is -0.497 e. The maximum absolute atomic E-state index is 11.9.